The fourth-order valence-corrected chi connectivity index (χ4v) is 2.08. The Bertz CT molecular complexity index is 666. The summed E-state index contributed by atoms with van der Waals surface area (Å²) in [6.45, 7) is 1.70. The zero-order valence-electron chi connectivity index (χ0n) is 10.1. The molecule has 0 spiro atoms. The second-order valence-corrected chi connectivity index (χ2v) is 4.44. The first-order valence-corrected chi connectivity index (χ1v) is 6.01. The highest BCUT2D eigenvalue weighted by molar-refractivity contribution is 5.84. The van der Waals surface area contributed by atoms with Gasteiger partial charge in [-0.05, 0) is 36.2 Å². The van der Waals surface area contributed by atoms with Crippen LogP contribution in [-0.4, -0.2) is 5.11 Å². The lowest BCUT2D eigenvalue weighted by atomic mass is 10.0. The number of rotatable bonds is 2. The Morgan fingerprint density at radius 3 is 2.44 bits per heavy atom. The summed E-state index contributed by atoms with van der Waals surface area (Å²) in [5.74, 6) is 0.607. The number of fused-ring (bicyclic) bond motifs is 1. The van der Waals surface area contributed by atoms with E-state index in [1.54, 1.807) is 6.92 Å². The minimum Gasteiger partial charge on any atom is -0.458 e. The van der Waals surface area contributed by atoms with Crippen molar-refractivity contribution in [2.45, 2.75) is 13.0 Å². The second kappa shape index (κ2) is 4.31. The third-order valence-corrected chi connectivity index (χ3v) is 3.05. The van der Waals surface area contributed by atoms with Gasteiger partial charge in [0, 0.05) is 5.39 Å². The molecule has 1 heterocycles. The highest BCUT2D eigenvalue weighted by atomic mass is 16.4. The summed E-state index contributed by atoms with van der Waals surface area (Å²) in [4.78, 5) is 0. The molecule has 0 saturated carbocycles. The van der Waals surface area contributed by atoms with Gasteiger partial charge in [0.25, 0.3) is 0 Å². The molecule has 18 heavy (non-hydrogen) atoms. The predicted molar refractivity (Wildman–Crippen MR) is 72.3 cm³/mol. The van der Waals surface area contributed by atoms with Gasteiger partial charge in [-0.25, -0.2) is 0 Å². The van der Waals surface area contributed by atoms with Crippen LogP contribution in [0.5, 0.6) is 0 Å². The smallest absolute Gasteiger partial charge is 0.134 e. The van der Waals surface area contributed by atoms with E-state index >= 15 is 0 Å². The standard InChI is InChI=1S/C16H14O2/c1-11(17)16-10-14-9-13(7-8-15(14)18-16)12-5-3-2-4-6-12/h2-11,17H,1H3. The molecular formula is C16H14O2. The minimum absolute atomic E-state index is 0.572. The molecule has 0 amide bonds. The van der Waals surface area contributed by atoms with Crippen LogP contribution in [0.1, 0.15) is 18.8 Å². The Morgan fingerprint density at radius 1 is 0.944 bits per heavy atom. The normalized spacial score (nSPS) is 12.8. The van der Waals surface area contributed by atoms with Crippen molar-refractivity contribution < 1.29 is 9.52 Å². The van der Waals surface area contributed by atoms with Gasteiger partial charge in [-0.3, -0.25) is 0 Å². The first-order valence-electron chi connectivity index (χ1n) is 6.01. The topological polar surface area (TPSA) is 33.4 Å². The molecule has 3 rings (SSSR count). The molecule has 1 unspecified atom stereocenters. The largest absolute Gasteiger partial charge is 0.458 e. The van der Waals surface area contributed by atoms with Crippen LogP contribution in [0, 0.1) is 0 Å². The highest BCUT2D eigenvalue weighted by Crippen LogP contribution is 2.28. The maximum atomic E-state index is 9.52. The van der Waals surface area contributed by atoms with Crippen molar-refractivity contribution in [2.75, 3.05) is 0 Å². The van der Waals surface area contributed by atoms with Crippen LogP contribution in [0.25, 0.3) is 22.1 Å². The first kappa shape index (κ1) is 11.1. The van der Waals surface area contributed by atoms with Gasteiger partial charge in [-0.2, -0.15) is 0 Å². The van der Waals surface area contributed by atoms with Crippen LogP contribution in [0.15, 0.2) is 59.0 Å². The number of hydrogen-bond donors (Lipinski definition) is 1. The summed E-state index contributed by atoms with van der Waals surface area (Å²) >= 11 is 0. The summed E-state index contributed by atoms with van der Waals surface area (Å²) < 4.78 is 5.57. The van der Waals surface area contributed by atoms with Gasteiger partial charge in [0.2, 0.25) is 0 Å². The molecule has 0 saturated heterocycles. The first-order chi connectivity index (χ1) is 8.74. The van der Waals surface area contributed by atoms with Gasteiger partial charge in [-0.15, -0.1) is 0 Å². The third kappa shape index (κ3) is 1.91. The number of aliphatic hydroxyl groups is 1. The molecule has 0 bridgehead atoms. The Balaban J connectivity index is 2.11. The number of furan rings is 1. The number of benzene rings is 2. The molecule has 0 aliphatic rings. The molecular weight excluding hydrogens is 224 g/mol. The predicted octanol–water partition coefficient (Wildman–Crippen LogP) is 4.15. The van der Waals surface area contributed by atoms with Crippen LogP contribution >= 0.6 is 0 Å². The summed E-state index contributed by atoms with van der Waals surface area (Å²) in [6, 6.07) is 18.2. The van der Waals surface area contributed by atoms with Crippen LogP contribution in [0.4, 0.5) is 0 Å². The van der Waals surface area contributed by atoms with Gasteiger partial charge < -0.3 is 9.52 Å². The van der Waals surface area contributed by atoms with Crippen molar-refractivity contribution in [2.24, 2.45) is 0 Å². The van der Waals surface area contributed by atoms with Crippen molar-refractivity contribution in [3.63, 3.8) is 0 Å². The van der Waals surface area contributed by atoms with Gasteiger partial charge in [0.1, 0.15) is 17.4 Å². The van der Waals surface area contributed by atoms with Crippen molar-refractivity contribution >= 4 is 11.0 Å². The Labute approximate surface area is 105 Å². The quantitative estimate of drug-likeness (QED) is 0.727. The summed E-state index contributed by atoms with van der Waals surface area (Å²) in [5.41, 5.74) is 3.14. The average molecular weight is 238 g/mol. The van der Waals surface area contributed by atoms with Crippen LogP contribution in [-0.2, 0) is 0 Å². The lowest BCUT2D eigenvalue weighted by Crippen LogP contribution is -1.85. The average Bonchev–Trinajstić information content (AvgIpc) is 2.82. The van der Waals surface area contributed by atoms with Crippen molar-refractivity contribution in [1.29, 1.82) is 0 Å². The van der Waals surface area contributed by atoms with Crippen molar-refractivity contribution in [3.8, 4) is 11.1 Å². The van der Waals surface area contributed by atoms with Crippen molar-refractivity contribution in [3.05, 3.63) is 60.4 Å². The lowest BCUT2D eigenvalue weighted by Gasteiger charge is -2.00. The van der Waals surface area contributed by atoms with E-state index in [4.69, 9.17) is 4.42 Å². The summed E-state index contributed by atoms with van der Waals surface area (Å²) in [7, 11) is 0. The van der Waals surface area contributed by atoms with E-state index in [1.165, 1.54) is 5.56 Å². The molecule has 2 nitrogen and oxygen atoms in total. The fourth-order valence-electron chi connectivity index (χ4n) is 2.08. The zero-order valence-corrected chi connectivity index (χ0v) is 10.1. The SMILES string of the molecule is CC(O)c1cc2cc(-c3ccccc3)ccc2o1. The molecule has 2 heteroatoms. The molecule has 3 aromatic rings. The van der Waals surface area contributed by atoms with E-state index in [1.807, 2.05) is 36.4 Å². The molecule has 1 atom stereocenters. The molecule has 1 aromatic heterocycles. The van der Waals surface area contributed by atoms with Crippen LogP contribution < -0.4 is 0 Å². The minimum atomic E-state index is -0.572. The molecule has 0 radical (unpaired) electrons. The van der Waals surface area contributed by atoms with Crippen LogP contribution in [0.2, 0.25) is 0 Å². The van der Waals surface area contributed by atoms with E-state index in [0.29, 0.717) is 5.76 Å². The molecule has 2 aromatic carbocycles. The monoisotopic (exact) mass is 238 g/mol. The molecule has 90 valence electrons. The second-order valence-electron chi connectivity index (χ2n) is 4.44. The third-order valence-electron chi connectivity index (χ3n) is 3.05. The van der Waals surface area contributed by atoms with E-state index < -0.39 is 6.10 Å². The van der Waals surface area contributed by atoms with E-state index in [9.17, 15) is 5.11 Å². The van der Waals surface area contributed by atoms with Crippen molar-refractivity contribution in [1.82, 2.24) is 0 Å². The van der Waals surface area contributed by atoms with Gasteiger partial charge in [-0.1, -0.05) is 36.4 Å². The van der Waals surface area contributed by atoms with Gasteiger partial charge >= 0.3 is 0 Å². The number of hydrogen-bond acceptors (Lipinski definition) is 2. The maximum Gasteiger partial charge on any atom is 0.134 e. The summed E-state index contributed by atoms with van der Waals surface area (Å²) in [5, 5.41) is 10.5. The molecule has 1 N–H and O–H groups in total. The maximum absolute atomic E-state index is 9.52. The Kier molecular flexibility index (Phi) is 2.65. The summed E-state index contributed by atoms with van der Waals surface area (Å²) in [6.07, 6.45) is -0.572. The Hall–Kier alpha value is -2.06. The fraction of sp³-hybridized carbons (Fsp3) is 0.125. The highest BCUT2D eigenvalue weighted by Gasteiger charge is 2.09. The zero-order chi connectivity index (χ0) is 12.5. The van der Waals surface area contributed by atoms with E-state index in [-0.39, 0.29) is 0 Å². The van der Waals surface area contributed by atoms with Gasteiger partial charge in [0.05, 0.1) is 0 Å². The van der Waals surface area contributed by atoms with Gasteiger partial charge in [0.15, 0.2) is 0 Å². The lowest BCUT2D eigenvalue weighted by molar-refractivity contribution is 0.172. The van der Waals surface area contributed by atoms with E-state index in [2.05, 4.69) is 18.2 Å². The molecule has 0 aliphatic carbocycles. The van der Waals surface area contributed by atoms with Crippen LogP contribution in [0.3, 0.4) is 0 Å². The molecule has 0 aliphatic heterocycles. The molecule has 0 fully saturated rings. The van der Waals surface area contributed by atoms with E-state index in [0.717, 1.165) is 16.5 Å². The Morgan fingerprint density at radius 2 is 1.72 bits per heavy atom. The number of aliphatic hydroxyl groups excluding tert-OH is 1.